The molecule has 4 nitrogen and oxygen atoms in total. The van der Waals surface area contributed by atoms with E-state index in [9.17, 15) is 9.18 Å². The maximum absolute atomic E-state index is 12.9. The van der Waals surface area contributed by atoms with Gasteiger partial charge in [-0.15, -0.1) is 0 Å². The summed E-state index contributed by atoms with van der Waals surface area (Å²) in [6, 6.07) is 3.19. The lowest BCUT2D eigenvalue weighted by Gasteiger charge is -2.17. The topological polar surface area (TPSA) is 61.4 Å². The lowest BCUT2D eigenvalue weighted by atomic mass is 10.2. The van der Waals surface area contributed by atoms with Crippen LogP contribution < -0.4 is 10.6 Å². The highest BCUT2D eigenvalue weighted by Crippen LogP contribution is 2.22. The number of thioether (sulfide) groups is 1. The van der Waals surface area contributed by atoms with Crippen molar-refractivity contribution in [3.8, 4) is 0 Å². The van der Waals surface area contributed by atoms with Crippen molar-refractivity contribution in [2.24, 2.45) is 0 Å². The Kier molecular flexibility index (Phi) is 6.97. The molecule has 1 unspecified atom stereocenters. The first-order valence-corrected chi connectivity index (χ1v) is 7.46. The quantitative estimate of drug-likeness (QED) is 0.757. The summed E-state index contributed by atoms with van der Waals surface area (Å²) in [4.78, 5) is 11.7. The number of carbonyl (C=O) groups excluding carboxylic acids is 1. The zero-order valence-electron chi connectivity index (χ0n) is 10.5. The molecule has 1 atom stereocenters. The molecule has 0 saturated carbocycles. The number of urea groups is 1. The van der Waals surface area contributed by atoms with Gasteiger partial charge >= 0.3 is 6.03 Å². The number of aliphatic hydroxyl groups is 1. The van der Waals surface area contributed by atoms with Gasteiger partial charge in [0.15, 0.2) is 0 Å². The van der Waals surface area contributed by atoms with E-state index in [1.807, 2.05) is 6.26 Å². The Labute approximate surface area is 120 Å². The standard InChI is InChI=1S/C12H16ClFN2O2S/c1-19-7-9(4-5-17)15-12(18)16-11-3-2-8(14)6-10(11)13/h2-3,6,9,17H,4-5,7H2,1H3,(H2,15,16,18). The van der Waals surface area contributed by atoms with Crippen LogP contribution >= 0.6 is 23.4 Å². The van der Waals surface area contributed by atoms with E-state index in [0.717, 1.165) is 6.07 Å². The number of aliphatic hydroxyl groups excluding tert-OH is 1. The van der Waals surface area contributed by atoms with Crippen LogP contribution in [0, 0.1) is 5.82 Å². The summed E-state index contributed by atoms with van der Waals surface area (Å²) in [5.74, 6) is 0.238. The lowest BCUT2D eigenvalue weighted by Crippen LogP contribution is -2.40. The second-order valence-corrected chi connectivity index (χ2v) is 5.21. The Morgan fingerprint density at radius 3 is 2.89 bits per heavy atom. The van der Waals surface area contributed by atoms with Crippen LogP contribution in [0.5, 0.6) is 0 Å². The first-order valence-electron chi connectivity index (χ1n) is 5.69. The molecule has 1 rings (SSSR count). The van der Waals surface area contributed by atoms with Gasteiger partial charge in [0.2, 0.25) is 0 Å². The fraction of sp³-hybridized carbons (Fsp3) is 0.417. The second-order valence-electron chi connectivity index (χ2n) is 3.89. The van der Waals surface area contributed by atoms with E-state index >= 15 is 0 Å². The minimum absolute atomic E-state index is 0.00279. The molecule has 7 heteroatoms. The average molecular weight is 307 g/mol. The molecule has 0 aliphatic heterocycles. The molecule has 0 radical (unpaired) electrons. The number of halogens is 2. The van der Waals surface area contributed by atoms with Crippen molar-refractivity contribution in [1.29, 1.82) is 0 Å². The van der Waals surface area contributed by atoms with E-state index in [4.69, 9.17) is 16.7 Å². The van der Waals surface area contributed by atoms with Crippen molar-refractivity contribution in [2.45, 2.75) is 12.5 Å². The predicted octanol–water partition coefficient (Wildman–Crippen LogP) is 2.71. The zero-order chi connectivity index (χ0) is 14.3. The largest absolute Gasteiger partial charge is 0.396 e. The first kappa shape index (κ1) is 16.1. The van der Waals surface area contributed by atoms with Gasteiger partial charge in [0.05, 0.1) is 10.7 Å². The number of amides is 2. The van der Waals surface area contributed by atoms with Crippen LogP contribution in [0.25, 0.3) is 0 Å². The number of hydrogen-bond acceptors (Lipinski definition) is 3. The number of benzene rings is 1. The van der Waals surface area contributed by atoms with Gasteiger partial charge in [0.25, 0.3) is 0 Å². The van der Waals surface area contributed by atoms with Crippen molar-refractivity contribution in [2.75, 3.05) is 23.9 Å². The Balaban J connectivity index is 2.58. The third-order valence-corrected chi connectivity index (χ3v) is 3.41. The van der Waals surface area contributed by atoms with Crippen LogP contribution in [0.1, 0.15) is 6.42 Å². The molecule has 1 aromatic carbocycles. The smallest absolute Gasteiger partial charge is 0.319 e. The van der Waals surface area contributed by atoms with Crippen LogP contribution in [-0.4, -0.2) is 35.8 Å². The highest BCUT2D eigenvalue weighted by molar-refractivity contribution is 7.98. The van der Waals surface area contributed by atoms with Crippen LogP contribution in [-0.2, 0) is 0 Å². The maximum atomic E-state index is 12.9. The van der Waals surface area contributed by atoms with Crippen molar-refractivity contribution >= 4 is 35.1 Å². The second kappa shape index (κ2) is 8.24. The molecule has 106 valence electrons. The number of hydrogen-bond donors (Lipinski definition) is 3. The summed E-state index contributed by atoms with van der Waals surface area (Å²) in [5.41, 5.74) is 0.340. The van der Waals surface area contributed by atoms with Crippen LogP contribution in [0.4, 0.5) is 14.9 Å². The highest BCUT2D eigenvalue weighted by atomic mass is 35.5. The van der Waals surface area contributed by atoms with Gasteiger partial charge < -0.3 is 15.7 Å². The Bertz CT molecular complexity index is 428. The molecule has 0 aliphatic rings. The van der Waals surface area contributed by atoms with Gasteiger partial charge in [-0.05, 0) is 30.9 Å². The first-order chi connectivity index (χ1) is 9.06. The molecular formula is C12H16ClFN2O2S. The summed E-state index contributed by atoms with van der Waals surface area (Å²) in [6.07, 6.45) is 2.40. The molecular weight excluding hydrogens is 291 g/mol. The van der Waals surface area contributed by atoms with Gasteiger partial charge in [0.1, 0.15) is 5.82 Å². The van der Waals surface area contributed by atoms with E-state index in [0.29, 0.717) is 17.9 Å². The highest BCUT2D eigenvalue weighted by Gasteiger charge is 2.12. The van der Waals surface area contributed by atoms with Gasteiger partial charge in [-0.25, -0.2) is 9.18 Å². The Morgan fingerprint density at radius 1 is 1.58 bits per heavy atom. The number of anilines is 1. The molecule has 0 heterocycles. The van der Waals surface area contributed by atoms with Crippen LogP contribution in [0.3, 0.4) is 0 Å². The minimum Gasteiger partial charge on any atom is -0.396 e. The molecule has 0 fully saturated rings. The molecule has 0 spiro atoms. The summed E-state index contributed by atoms with van der Waals surface area (Å²) in [5, 5.41) is 14.3. The molecule has 0 bridgehead atoms. The fourth-order valence-electron chi connectivity index (χ4n) is 1.49. The molecule has 1 aromatic rings. The third kappa shape index (κ3) is 5.67. The van der Waals surface area contributed by atoms with Crippen LogP contribution in [0.2, 0.25) is 5.02 Å². The SMILES string of the molecule is CSCC(CCO)NC(=O)Nc1ccc(F)cc1Cl. The normalized spacial score (nSPS) is 12.0. The van der Waals surface area contributed by atoms with Gasteiger partial charge in [-0.2, -0.15) is 11.8 Å². The summed E-state index contributed by atoms with van der Waals surface area (Å²) in [6.45, 7) is 0.00279. The van der Waals surface area contributed by atoms with E-state index in [1.165, 1.54) is 12.1 Å². The van der Waals surface area contributed by atoms with Gasteiger partial charge in [0, 0.05) is 18.4 Å². The van der Waals surface area contributed by atoms with Crippen molar-refractivity contribution < 1.29 is 14.3 Å². The molecule has 0 aromatic heterocycles. The molecule has 3 N–H and O–H groups in total. The Hall–Kier alpha value is -0.980. The molecule has 0 aliphatic carbocycles. The van der Waals surface area contributed by atoms with E-state index < -0.39 is 11.8 Å². The van der Waals surface area contributed by atoms with Crippen LogP contribution in [0.15, 0.2) is 18.2 Å². The maximum Gasteiger partial charge on any atom is 0.319 e. The summed E-state index contributed by atoms with van der Waals surface area (Å²) >= 11 is 7.38. The fourth-order valence-corrected chi connectivity index (χ4v) is 2.36. The minimum atomic E-state index is -0.462. The van der Waals surface area contributed by atoms with E-state index in [-0.39, 0.29) is 17.7 Å². The predicted molar refractivity (Wildman–Crippen MR) is 77.4 cm³/mol. The van der Waals surface area contributed by atoms with Crippen molar-refractivity contribution in [1.82, 2.24) is 5.32 Å². The van der Waals surface area contributed by atoms with Crippen molar-refractivity contribution in [3.05, 3.63) is 29.0 Å². The third-order valence-electron chi connectivity index (χ3n) is 2.36. The molecule has 2 amide bonds. The van der Waals surface area contributed by atoms with E-state index in [2.05, 4.69) is 10.6 Å². The summed E-state index contributed by atoms with van der Waals surface area (Å²) in [7, 11) is 0. The number of rotatable bonds is 6. The van der Waals surface area contributed by atoms with E-state index in [1.54, 1.807) is 11.8 Å². The number of carbonyl (C=O) groups is 1. The van der Waals surface area contributed by atoms with Gasteiger partial charge in [-0.3, -0.25) is 0 Å². The zero-order valence-corrected chi connectivity index (χ0v) is 12.0. The summed E-state index contributed by atoms with van der Waals surface area (Å²) < 4.78 is 12.9. The monoisotopic (exact) mass is 306 g/mol. The average Bonchev–Trinajstić information content (AvgIpc) is 2.33. The van der Waals surface area contributed by atoms with Gasteiger partial charge in [-0.1, -0.05) is 11.6 Å². The molecule has 19 heavy (non-hydrogen) atoms. The Morgan fingerprint density at radius 2 is 2.32 bits per heavy atom. The lowest BCUT2D eigenvalue weighted by molar-refractivity contribution is 0.241. The number of nitrogens with one attached hydrogen (secondary N) is 2. The van der Waals surface area contributed by atoms with Crippen molar-refractivity contribution in [3.63, 3.8) is 0 Å². The molecule has 0 saturated heterocycles.